The van der Waals surface area contributed by atoms with E-state index < -0.39 is 0 Å². The molecule has 0 aliphatic heterocycles. The van der Waals surface area contributed by atoms with Crippen molar-refractivity contribution in [1.82, 2.24) is 5.32 Å². The molecule has 2 rings (SSSR count). The number of hydrogen-bond donors (Lipinski definition) is 1. The zero-order valence-electron chi connectivity index (χ0n) is 14.3. The van der Waals surface area contributed by atoms with Crippen LogP contribution in [0, 0.1) is 19.8 Å². The molecule has 21 heavy (non-hydrogen) atoms. The molecule has 3 unspecified atom stereocenters. The summed E-state index contributed by atoms with van der Waals surface area (Å²) in [6, 6.07) is 6.97. The molecular formula is C19H31NO. The van der Waals surface area contributed by atoms with Gasteiger partial charge in [0.25, 0.3) is 0 Å². The van der Waals surface area contributed by atoms with E-state index in [9.17, 15) is 0 Å². The van der Waals surface area contributed by atoms with Gasteiger partial charge in [0.05, 0.1) is 5.60 Å². The molecule has 0 saturated heterocycles. The number of aryl methyl sites for hydroxylation is 2. The maximum atomic E-state index is 6.09. The summed E-state index contributed by atoms with van der Waals surface area (Å²) in [5, 5.41) is 3.56. The van der Waals surface area contributed by atoms with Crippen molar-refractivity contribution >= 4 is 0 Å². The molecule has 0 heterocycles. The standard InChI is InChI=1S/C19H31NO/c1-14-8-7-11-19(13-14,21-5)18(20-4)12-17-15(2)9-6-10-16(17)3/h6,9-10,14,18,20H,7-8,11-13H2,1-5H3. The van der Waals surface area contributed by atoms with Crippen LogP contribution < -0.4 is 5.32 Å². The van der Waals surface area contributed by atoms with Crippen LogP contribution in [-0.2, 0) is 11.2 Å². The lowest BCUT2D eigenvalue weighted by Gasteiger charge is -2.45. The van der Waals surface area contributed by atoms with Gasteiger partial charge < -0.3 is 10.1 Å². The quantitative estimate of drug-likeness (QED) is 0.883. The summed E-state index contributed by atoms with van der Waals surface area (Å²) in [7, 11) is 3.98. The number of ether oxygens (including phenoxy) is 1. The maximum Gasteiger partial charge on any atom is 0.0836 e. The average molecular weight is 289 g/mol. The first-order valence-electron chi connectivity index (χ1n) is 8.30. The van der Waals surface area contributed by atoms with E-state index in [4.69, 9.17) is 4.74 Å². The Labute approximate surface area is 130 Å². The van der Waals surface area contributed by atoms with Gasteiger partial charge in [0.1, 0.15) is 0 Å². The lowest BCUT2D eigenvalue weighted by atomic mass is 9.72. The predicted molar refractivity (Wildman–Crippen MR) is 89.8 cm³/mol. The van der Waals surface area contributed by atoms with Crippen molar-refractivity contribution in [3.8, 4) is 0 Å². The summed E-state index contributed by atoms with van der Waals surface area (Å²) < 4.78 is 6.09. The SMILES string of the molecule is CNC(Cc1c(C)cccc1C)C1(OC)CCCC(C)C1. The first kappa shape index (κ1) is 16.5. The molecule has 1 saturated carbocycles. The summed E-state index contributed by atoms with van der Waals surface area (Å²) in [6.45, 7) is 6.80. The third-order valence-corrected chi connectivity index (χ3v) is 5.43. The maximum absolute atomic E-state index is 6.09. The molecule has 0 spiro atoms. The van der Waals surface area contributed by atoms with Crippen molar-refractivity contribution in [1.29, 1.82) is 0 Å². The molecule has 2 nitrogen and oxygen atoms in total. The van der Waals surface area contributed by atoms with E-state index in [1.54, 1.807) is 0 Å². The molecule has 0 amide bonds. The van der Waals surface area contributed by atoms with E-state index in [1.165, 1.54) is 42.4 Å². The van der Waals surface area contributed by atoms with Gasteiger partial charge in [-0.25, -0.2) is 0 Å². The molecule has 3 atom stereocenters. The lowest BCUT2D eigenvalue weighted by molar-refractivity contribution is -0.0775. The monoisotopic (exact) mass is 289 g/mol. The second kappa shape index (κ2) is 6.93. The first-order valence-corrected chi connectivity index (χ1v) is 8.30. The summed E-state index contributed by atoms with van der Waals surface area (Å²) in [5.41, 5.74) is 4.25. The molecule has 118 valence electrons. The highest BCUT2D eigenvalue weighted by molar-refractivity contribution is 5.34. The van der Waals surface area contributed by atoms with Crippen LogP contribution >= 0.6 is 0 Å². The van der Waals surface area contributed by atoms with E-state index in [-0.39, 0.29) is 5.60 Å². The summed E-state index contributed by atoms with van der Waals surface area (Å²) in [6.07, 6.45) is 6.00. The molecule has 1 aliphatic rings. The molecule has 1 aromatic rings. The van der Waals surface area contributed by atoms with E-state index in [1.807, 2.05) is 7.11 Å². The summed E-state index contributed by atoms with van der Waals surface area (Å²) in [5.74, 6) is 0.757. The average Bonchev–Trinajstić information content (AvgIpc) is 2.47. The first-order chi connectivity index (χ1) is 10.0. The van der Waals surface area contributed by atoms with Crippen molar-refractivity contribution in [2.24, 2.45) is 5.92 Å². The van der Waals surface area contributed by atoms with Crippen LogP contribution in [0.3, 0.4) is 0 Å². The van der Waals surface area contributed by atoms with Crippen LogP contribution in [0.2, 0.25) is 0 Å². The highest BCUT2D eigenvalue weighted by Gasteiger charge is 2.41. The third-order valence-electron chi connectivity index (χ3n) is 5.43. The van der Waals surface area contributed by atoms with Crippen molar-refractivity contribution in [3.63, 3.8) is 0 Å². The Kier molecular flexibility index (Phi) is 5.45. The topological polar surface area (TPSA) is 21.3 Å². The molecule has 0 bridgehead atoms. The number of rotatable bonds is 5. The van der Waals surface area contributed by atoms with E-state index in [0.717, 1.165) is 12.3 Å². The zero-order valence-corrected chi connectivity index (χ0v) is 14.3. The van der Waals surface area contributed by atoms with Gasteiger partial charge in [0.15, 0.2) is 0 Å². The second-order valence-electron chi connectivity index (χ2n) is 6.89. The normalized spacial score (nSPS) is 27.6. The van der Waals surface area contributed by atoms with Gasteiger partial charge in [-0.2, -0.15) is 0 Å². The van der Waals surface area contributed by atoms with Gasteiger partial charge >= 0.3 is 0 Å². The van der Waals surface area contributed by atoms with Gasteiger partial charge in [0.2, 0.25) is 0 Å². The molecule has 1 fully saturated rings. The second-order valence-corrected chi connectivity index (χ2v) is 6.89. The van der Waals surface area contributed by atoms with E-state index in [0.29, 0.717) is 6.04 Å². The molecule has 2 heteroatoms. The molecule has 0 radical (unpaired) electrons. The Balaban J connectivity index is 2.26. The fourth-order valence-corrected chi connectivity index (χ4v) is 4.11. The fourth-order valence-electron chi connectivity index (χ4n) is 4.11. The number of likely N-dealkylation sites (N-methyl/N-ethyl adjacent to an activating group) is 1. The van der Waals surface area contributed by atoms with Crippen LogP contribution in [0.15, 0.2) is 18.2 Å². The molecule has 0 aromatic heterocycles. The summed E-state index contributed by atoms with van der Waals surface area (Å²) in [4.78, 5) is 0. The van der Waals surface area contributed by atoms with Gasteiger partial charge in [0, 0.05) is 13.2 Å². The van der Waals surface area contributed by atoms with Gasteiger partial charge in [-0.15, -0.1) is 0 Å². The predicted octanol–water partition coefficient (Wildman–Crippen LogP) is 4.03. The lowest BCUT2D eigenvalue weighted by Crippen LogP contribution is -2.54. The Bertz CT molecular complexity index is 450. The van der Waals surface area contributed by atoms with Crippen molar-refractivity contribution in [2.75, 3.05) is 14.2 Å². The number of nitrogens with one attached hydrogen (secondary N) is 1. The number of methoxy groups -OCH3 is 1. The Hall–Kier alpha value is -0.860. The van der Waals surface area contributed by atoms with Gasteiger partial charge in [-0.1, -0.05) is 38.0 Å². The van der Waals surface area contributed by atoms with E-state index >= 15 is 0 Å². The highest BCUT2D eigenvalue weighted by atomic mass is 16.5. The van der Waals surface area contributed by atoms with Crippen molar-refractivity contribution < 1.29 is 4.74 Å². The highest BCUT2D eigenvalue weighted by Crippen LogP contribution is 2.38. The number of benzene rings is 1. The molecule has 1 N–H and O–H groups in total. The Morgan fingerprint density at radius 2 is 2.00 bits per heavy atom. The van der Waals surface area contributed by atoms with Crippen LogP contribution in [0.4, 0.5) is 0 Å². The van der Waals surface area contributed by atoms with Crippen LogP contribution in [0.5, 0.6) is 0 Å². The number of hydrogen-bond acceptors (Lipinski definition) is 2. The molecule has 1 aromatic carbocycles. The van der Waals surface area contributed by atoms with E-state index in [2.05, 4.69) is 51.3 Å². The minimum atomic E-state index is -0.0128. The molecular weight excluding hydrogens is 258 g/mol. The van der Waals surface area contributed by atoms with Crippen LogP contribution in [0.25, 0.3) is 0 Å². The summed E-state index contributed by atoms with van der Waals surface area (Å²) >= 11 is 0. The smallest absolute Gasteiger partial charge is 0.0836 e. The largest absolute Gasteiger partial charge is 0.377 e. The fraction of sp³-hybridized carbons (Fsp3) is 0.684. The minimum absolute atomic E-state index is 0.0128. The Morgan fingerprint density at radius 1 is 1.33 bits per heavy atom. The van der Waals surface area contributed by atoms with Crippen molar-refractivity contribution in [3.05, 3.63) is 34.9 Å². The zero-order chi connectivity index (χ0) is 15.5. The van der Waals surface area contributed by atoms with Gasteiger partial charge in [-0.05, 0) is 62.8 Å². The molecule has 1 aliphatic carbocycles. The Morgan fingerprint density at radius 3 is 2.52 bits per heavy atom. The van der Waals surface area contributed by atoms with Gasteiger partial charge in [-0.3, -0.25) is 0 Å². The van der Waals surface area contributed by atoms with Crippen LogP contribution in [-0.4, -0.2) is 25.8 Å². The van der Waals surface area contributed by atoms with Crippen molar-refractivity contribution in [2.45, 2.75) is 64.5 Å². The third kappa shape index (κ3) is 3.49. The minimum Gasteiger partial charge on any atom is -0.377 e. The van der Waals surface area contributed by atoms with Crippen LogP contribution in [0.1, 0.15) is 49.3 Å².